The molecule has 3 rings (SSSR count). The number of esters is 1. The third kappa shape index (κ3) is 3.94. The lowest BCUT2D eigenvalue weighted by Gasteiger charge is -2.37. The van der Waals surface area contributed by atoms with Gasteiger partial charge < -0.3 is 9.64 Å². The van der Waals surface area contributed by atoms with E-state index in [4.69, 9.17) is 4.74 Å². The van der Waals surface area contributed by atoms with Crippen molar-refractivity contribution in [3.05, 3.63) is 35.6 Å². The first-order valence-electron chi connectivity index (χ1n) is 8.73. The van der Waals surface area contributed by atoms with Crippen LogP contribution in [0.3, 0.4) is 0 Å². The molecular formula is C19H24FNO3. The molecule has 2 saturated carbocycles. The topological polar surface area (TPSA) is 46.6 Å². The normalized spacial score (nSPS) is 23.6. The number of methoxy groups -OCH3 is 1. The lowest BCUT2D eigenvalue weighted by Crippen LogP contribution is -2.44. The summed E-state index contributed by atoms with van der Waals surface area (Å²) in [4.78, 5) is 26.3. The molecule has 1 aromatic rings. The van der Waals surface area contributed by atoms with Crippen molar-refractivity contribution < 1.29 is 18.7 Å². The van der Waals surface area contributed by atoms with E-state index >= 15 is 0 Å². The number of rotatable bonds is 5. The predicted octanol–water partition coefficient (Wildman–Crippen LogP) is 3.55. The van der Waals surface area contributed by atoms with E-state index in [0.29, 0.717) is 23.9 Å². The van der Waals surface area contributed by atoms with Crippen molar-refractivity contribution in [1.82, 2.24) is 4.90 Å². The summed E-state index contributed by atoms with van der Waals surface area (Å²) in [7, 11) is 1.42. The first-order chi connectivity index (χ1) is 11.6. The van der Waals surface area contributed by atoms with Crippen LogP contribution in [0.2, 0.25) is 0 Å². The number of hydrogen-bond donors (Lipinski definition) is 0. The summed E-state index contributed by atoms with van der Waals surface area (Å²) in [5, 5.41) is 0. The molecule has 1 amide bonds. The van der Waals surface area contributed by atoms with Gasteiger partial charge in [0.1, 0.15) is 5.82 Å². The number of ether oxygens (including phenoxy) is 1. The highest BCUT2D eigenvalue weighted by Gasteiger charge is 2.39. The van der Waals surface area contributed by atoms with Crippen LogP contribution in [0.15, 0.2) is 24.3 Å². The number of carbonyl (C=O) groups excluding carboxylic acids is 2. The van der Waals surface area contributed by atoms with Crippen molar-refractivity contribution in [3.8, 4) is 0 Å². The minimum Gasteiger partial charge on any atom is -0.469 e. The van der Waals surface area contributed by atoms with Crippen LogP contribution in [0.25, 0.3) is 0 Å². The third-order valence-corrected chi connectivity index (χ3v) is 5.16. The Kier molecular flexibility index (Phi) is 5.17. The summed E-state index contributed by atoms with van der Waals surface area (Å²) >= 11 is 0. The zero-order valence-corrected chi connectivity index (χ0v) is 14.0. The Labute approximate surface area is 142 Å². The molecular weight excluding hydrogens is 309 g/mol. The fourth-order valence-corrected chi connectivity index (χ4v) is 3.67. The molecule has 24 heavy (non-hydrogen) atoms. The van der Waals surface area contributed by atoms with Gasteiger partial charge in [0, 0.05) is 24.1 Å². The van der Waals surface area contributed by atoms with Crippen LogP contribution in [-0.2, 0) is 9.53 Å². The van der Waals surface area contributed by atoms with E-state index in [1.807, 2.05) is 4.90 Å². The quantitative estimate of drug-likeness (QED) is 0.774. The van der Waals surface area contributed by atoms with Gasteiger partial charge in [0.2, 0.25) is 0 Å². The lowest BCUT2D eigenvalue weighted by atomic mass is 9.83. The molecule has 2 aliphatic carbocycles. The SMILES string of the molecule is COC(=O)C[C@H]1CC[C@H](N(C(=O)c2ccc(F)cc2)C2CC2)CC1. The minimum absolute atomic E-state index is 0.00826. The standard InChI is InChI=1S/C19H24FNO3/c1-24-18(22)12-13-2-8-16(9-3-13)21(17-10-11-17)19(23)14-4-6-15(20)7-5-14/h4-7,13,16-17H,2-3,8-12H2,1H3/t13-,16-. The zero-order valence-electron chi connectivity index (χ0n) is 14.0. The first kappa shape index (κ1) is 16.9. The zero-order chi connectivity index (χ0) is 17.1. The van der Waals surface area contributed by atoms with Crippen molar-refractivity contribution in [3.63, 3.8) is 0 Å². The second-order valence-electron chi connectivity index (χ2n) is 6.91. The molecule has 0 aromatic heterocycles. The Hall–Kier alpha value is -1.91. The molecule has 0 saturated heterocycles. The minimum atomic E-state index is -0.326. The first-order valence-corrected chi connectivity index (χ1v) is 8.73. The van der Waals surface area contributed by atoms with Crippen LogP contribution < -0.4 is 0 Å². The molecule has 0 heterocycles. The number of benzene rings is 1. The average molecular weight is 333 g/mol. The number of nitrogens with zero attached hydrogens (tertiary/aromatic N) is 1. The van der Waals surface area contributed by atoms with E-state index in [-0.39, 0.29) is 23.7 Å². The molecule has 130 valence electrons. The highest BCUT2D eigenvalue weighted by Crippen LogP contribution is 2.37. The summed E-state index contributed by atoms with van der Waals surface area (Å²) in [5.41, 5.74) is 0.556. The van der Waals surface area contributed by atoms with Gasteiger partial charge in [-0.05, 0) is 68.7 Å². The van der Waals surface area contributed by atoms with Gasteiger partial charge in [0.05, 0.1) is 7.11 Å². The fourth-order valence-electron chi connectivity index (χ4n) is 3.67. The molecule has 0 radical (unpaired) electrons. The van der Waals surface area contributed by atoms with Crippen LogP contribution >= 0.6 is 0 Å². The van der Waals surface area contributed by atoms with E-state index in [9.17, 15) is 14.0 Å². The van der Waals surface area contributed by atoms with Crippen molar-refractivity contribution in [2.75, 3.05) is 7.11 Å². The van der Waals surface area contributed by atoms with E-state index in [1.165, 1.54) is 19.2 Å². The summed E-state index contributed by atoms with van der Waals surface area (Å²) in [6.45, 7) is 0. The van der Waals surface area contributed by atoms with Gasteiger partial charge in [0.15, 0.2) is 0 Å². The van der Waals surface area contributed by atoms with Crippen LogP contribution in [0.4, 0.5) is 4.39 Å². The molecule has 0 spiro atoms. The van der Waals surface area contributed by atoms with Gasteiger partial charge in [0.25, 0.3) is 5.91 Å². The maximum absolute atomic E-state index is 13.1. The number of hydrogen-bond acceptors (Lipinski definition) is 3. The van der Waals surface area contributed by atoms with Crippen LogP contribution in [0.1, 0.15) is 55.3 Å². The van der Waals surface area contributed by atoms with E-state index in [0.717, 1.165) is 38.5 Å². The number of halogens is 1. The summed E-state index contributed by atoms with van der Waals surface area (Å²) in [6, 6.07) is 6.36. The van der Waals surface area contributed by atoms with Gasteiger partial charge in [-0.25, -0.2) is 4.39 Å². The van der Waals surface area contributed by atoms with Crippen LogP contribution in [-0.4, -0.2) is 36.0 Å². The lowest BCUT2D eigenvalue weighted by molar-refractivity contribution is -0.142. The Morgan fingerprint density at radius 1 is 1.04 bits per heavy atom. The highest BCUT2D eigenvalue weighted by molar-refractivity contribution is 5.94. The van der Waals surface area contributed by atoms with Crippen LogP contribution in [0.5, 0.6) is 0 Å². The maximum Gasteiger partial charge on any atom is 0.305 e. The summed E-state index contributed by atoms with van der Waals surface area (Å²) in [6.07, 6.45) is 6.30. The Morgan fingerprint density at radius 3 is 2.08 bits per heavy atom. The smallest absolute Gasteiger partial charge is 0.305 e. The Bertz CT molecular complexity index is 589. The van der Waals surface area contributed by atoms with Gasteiger partial charge in [-0.15, -0.1) is 0 Å². The molecule has 4 nitrogen and oxygen atoms in total. The fraction of sp³-hybridized carbons (Fsp3) is 0.579. The molecule has 0 unspecified atom stereocenters. The molecule has 2 aliphatic rings. The second kappa shape index (κ2) is 7.32. The summed E-state index contributed by atoms with van der Waals surface area (Å²) < 4.78 is 17.8. The van der Waals surface area contributed by atoms with Crippen molar-refractivity contribution >= 4 is 11.9 Å². The molecule has 5 heteroatoms. The largest absolute Gasteiger partial charge is 0.469 e. The van der Waals surface area contributed by atoms with E-state index in [2.05, 4.69) is 0 Å². The third-order valence-electron chi connectivity index (χ3n) is 5.16. The average Bonchev–Trinajstić information content (AvgIpc) is 3.42. The van der Waals surface area contributed by atoms with Crippen molar-refractivity contribution in [2.24, 2.45) is 5.92 Å². The number of carbonyl (C=O) groups is 2. The number of amides is 1. The van der Waals surface area contributed by atoms with Crippen molar-refractivity contribution in [2.45, 2.75) is 57.0 Å². The van der Waals surface area contributed by atoms with Crippen molar-refractivity contribution in [1.29, 1.82) is 0 Å². The predicted molar refractivity (Wildman–Crippen MR) is 88.0 cm³/mol. The van der Waals surface area contributed by atoms with Gasteiger partial charge in [-0.1, -0.05) is 0 Å². The van der Waals surface area contributed by atoms with Gasteiger partial charge >= 0.3 is 5.97 Å². The van der Waals surface area contributed by atoms with E-state index in [1.54, 1.807) is 12.1 Å². The molecule has 1 aromatic carbocycles. The molecule has 0 atom stereocenters. The Balaban J connectivity index is 1.63. The van der Waals surface area contributed by atoms with Gasteiger partial charge in [-0.3, -0.25) is 9.59 Å². The van der Waals surface area contributed by atoms with E-state index < -0.39 is 0 Å². The molecule has 0 bridgehead atoms. The molecule has 2 fully saturated rings. The monoisotopic (exact) mass is 333 g/mol. The summed E-state index contributed by atoms with van der Waals surface area (Å²) in [5.74, 6) is -0.114. The second-order valence-corrected chi connectivity index (χ2v) is 6.91. The maximum atomic E-state index is 13.1. The molecule has 0 N–H and O–H groups in total. The highest BCUT2D eigenvalue weighted by atomic mass is 19.1. The molecule has 0 aliphatic heterocycles. The van der Waals surface area contributed by atoms with Gasteiger partial charge in [-0.2, -0.15) is 0 Å². The van der Waals surface area contributed by atoms with Crippen LogP contribution in [0, 0.1) is 11.7 Å². The Morgan fingerprint density at radius 2 is 1.58 bits per heavy atom.